The summed E-state index contributed by atoms with van der Waals surface area (Å²) in [6, 6.07) is 0.806. The molecule has 2 saturated carbocycles. The van der Waals surface area contributed by atoms with Gasteiger partial charge in [-0.25, -0.2) is 0 Å². The molecule has 66 valence electrons. The molecule has 1 spiro atoms. The van der Waals surface area contributed by atoms with Gasteiger partial charge in [0.1, 0.15) is 0 Å². The summed E-state index contributed by atoms with van der Waals surface area (Å²) in [5.41, 5.74) is 0.732. The Hall–Kier alpha value is -0.480. The molecular weight excluding hydrogens is 146 g/mol. The number of nitrogens with one attached hydrogen (secondary N) is 1. The van der Waals surface area contributed by atoms with Crippen molar-refractivity contribution < 1.29 is 0 Å². The summed E-state index contributed by atoms with van der Waals surface area (Å²) in [6.07, 6.45) is 7.25. The third kappa shape index (κ3) is 1.36. The molecule has 1 nitrogen and oxygen atoms in total. The first-order valence-corrected chi connectivity index (χ1v) is 5.00. The van der Waals surface area contributed by atoms with Crippen LogP contribution < -0.4 is 5.32 Å². The van der Waals surface area contributed by atoms with Crippen molar-refractivity contribution in [2.45, 2.75) is 45.1 Å². The van der Waals surface area contributed by atoms with Crippen LogP contribution in [0.15, 0.2) is 0 Å². The van der Waals surface area contributed by atoms with Crippen molar-refractivity contribution in [2.24, 2.45) is 5.41 Å². The molecule has 2 fully saturated rings. The van der Waals surface area contributed by atoms with E-state index in [1.165, 1.54) is 32.1 Å². The molecule has 0 aromatic rings. The van der Waals surface area contributed by atoms with Crippen LogP contribution in [-0.4, -0.2) is 12.6 Å². The first-order valence-electron chi connectivity index (χ1n) is 5.00. The molecule has 0 heterocycles. The second-order valence-electron chi connectivity index (χ2n) is 4.13. The highest BCUT2D eigenvalue weighted by Crippen LogP contribution is 2.57. The van der Waals surface area contributed by atoms with Crippen LogP contribution in [0.2, 0.25) is 0 Å². The summed E-state index contributed by atoms with van der Waals surface area (Å²) in [5, 5.41) is 3.52. The standard InChI is InChI=1S/C11H17N/c1-2-3-8-12-10-9-11(10)6-4-5-7-11/h10,12H,4-9H2,1H3. The predicted molar refractivity (Wildman–Crippen MR) is 50.8 cm³/mol. The number of hydrogen-bond acceptors (Lipinski definition) is 1. The molecule has 0 radical (unpaired) electrons. The van der Waals surface area contributed by atoms with Gasteiger partial charge in [-0.15, -0.1) is 5.92 Å². The predicted octanol–water partition coefficient (Wildman–Crippen LogP) is 1.93. The summed E-state index contributed by atoms with van der Waals surface area (Å²) in [5.74, 6) is 5.98. The van der Waals surface area contributed by atoms with Crippen molar-refractivity contribution in [3.8, 4) is 11.8 Å². The molecule has 1 unspecified atom stereocenters. The fourth-order valence-corrected chi connectivity index (χ4v) is 2.53. The zero-order chi connectivity index (χ0) is 8.44. The van der Waals surface area contributed by atoms with Crippen molar-refractivity contribution in [1.29, 1.82) is 0 Å². The van der Waals surface area contributed by atoms with Crippen LogP contribution in [0.3, 0.4) is 0 Å². The van der Waals surface area contributed by atoms with E-state index >= 15 is 0 Å². The van der Waals surface area contributed by atoms with Gasteiger partial charge >= 0.3 is 0 Å². The van der Waals surface area contributed by atoms with Crippen LogP contribution in [0.25, 0.3) is 0 Å². The van der Waals surface area contributed by atoms with E-state index in [9.17, 15) is 0 Å². The SMILES string of the molecule is CC#CCNC1CC12CCCC2. The molecule has 2 rings (SSSR count). The molecule has 1 atom stereocenters. The van der Waals surface area contributed by atoms with E-state index in [0.717, 1.165) is 18.0 Å². The maximum atomic E-state index is 3.52. The Morgan fingerprint density at radius 3 is 2.83 bits per heavy atom. The molecule has 1 N–H and O–H groups in total. The molecule has 0 aromatic heterocycles. The maximum Gasteiger partial charge on any atom is 0.0578 e. The topological polar surface area (TPSA) is 12.0 Å². The van der Waals surface area contributed by atoms with Gasteiger partial charge in [0.05, 0.1) is 6.54 Å². The van der Waals surface area contributed by atoms with Crippen LogP contribution in [-0.2, 0) is 0 Å². The Labute approximate surface area is 74.9 Å². The first kappa shape index (κ1) is 8.13. The fraction of sp³-hybridized carbons (Fsp3) is 0.818. The van der Waals surface area contributed by atoms with Crippen LogP contribution in [0.4, 0.5) is 0 Å². The summed E-state index contributed by atoms with van der Waals surface area (Å²) >= 11 is 0. The Morgan fingerprint density at radius 1 is 1.42 bits per heavy atom. The largest absolute Gasteiger partial charge is 0.303 e. The van der Waals surface area contributed by atoms with E-state index < -0.39 is 0 Å². The zero-order valence-corrected chi connectivity index (χ0v) is 7.82. The smallest absolute Gasteiger partial charge is 0.0578 e. The average molecular weight is 163 g/mol. The van der Waals surface area contributed by atoms with Gasteiger partial charge in [0.15, 0.2) is 0 Å². The molecule has 1 heteroatoms. The molecular formula is C11H17N. The zero-order valence-electron chi connectivity index (χ0n) is 7.82. The third-order valence-electron chi connectivity index (χ3n) is 3.40. The average Bonchev–Trinajstić information content (AvgIpc) is 2.53. The van der Waals surface area contributed by atoms with Crippen molar-refractivity contribution in [3.05, 3.63) is 0 Å². The Kier molecular flexibility index (Phi) is 2.11. The van der Waals surface area contributed by atoms with E-state index in [1.807, 2.05) is 6.92 Å². The minimum Gasteiger partial charge on any atom is -0.303 e. The lowest BCUT2D eigenvalue weighted by Crippen LogP contribution is -2.21. The number of hydrogen-bond donors (Lipinski definition) is 1. The van der Waals surface area contributed by atoms with Crippen LogP contribution in [0.1, 0.15) is 39.0 Å². The van der Waals surface area contributed by atoms with Gasteiger partial charge < -0.3 is 5.32 Å². The fourth-order valence-electron chi connectivity index (χ4n) is 2.53. The summed E-state index contributed by atoms with van der Waals surface area (Å²) in [4.78, 5) is 0. The van der Waals surface area contributed by atoms with Gasteiger partial charge in [-0.3, -0.25) is 0 Å². The van der Waals surface area contributed by atoms with E-state index in [-0.39, 0.29) is 0 Å². The monoisotopic (exact) mass is 163 g/mol. The van der Waals surface area contributed by atoms with Crippen LogP contribution in [0, 0.1) is 17.3 Å². The minimum absolute atomic E-state index is 0.732. The van der Waals surface area contributed by atoms with E-state index in [4.69, 9.17) is 0 Å². The van der Waals surface area contributed by atoms with Gasteiger partial charge in [0.2, 0.25) is 0 Å². The van der Waals surface area contributed by atoms with Crippen LogP contribution >= 0.6 is 0 Å². The van der Waals surface area contributed by atoms with Gasteiger partial charge in [-0.1, -0.05) is 18.8 Å². The first-order chi connectivity index (χ1) is 5.87. The molecule has 12 heavy (non-hydrogen) atoms. The molecule has 0 bridgehead atoms. The van der Waals surface area contributed by atoms with E-state index in [1.54, 1.807) is 0 Å². The lowest BCUT2D eigenvalue weighted by molar-refractivity contribution is 0.480. The molecule has 0 aromatic carbocycles. The van der Waals surface area contributed by atoms with Gasteiger partial charge in [-0.05, 0) is 31.6 Å². The highest BCUT2D eigenvalue weighted by molar-refractivity contribution is 5.11. The maximum absolute atomic E-state index is 3.52. The second kappa shape index (κ2) is 3.11. The van der Waals surface area contributed by atoms with E-state index in [0.29, 0.717) is 0 Å². The Morgan fingerprint density at radius 2 is 2.17 bits per heavy atom. The molecule has 0 aliphatic heterocycles. The summed E-state index contributed by atoms with van der Waals surface area (Å²) in [7, 11) is 0. The van der Waals surface area contributed by atoms with Crippen molar-refractivity contribution in [1.82, 2.24) is 5.32 Å². The molecule has 2 aliphatic rings. The summed E-state index contributed by atoms with van der Waals surface area (Å²) < 4.78 is 0. The second-order valence-corrected chi connectivity index (χ2v) is 4.13. The normalized spacial score (nSPS) is 29.9. The third-order valence-corrected chi connectivity index (χ3v) is 3.40. The summed E-state index contributed by atoms with van der Waals surface area (Å²) in [6.45, 7) is 2.79. The minimum atomic E-state index is 0.732. The van der Waals surface area contributed by atoms with Crippen molar-refractivity contribution in [3.63, 3.8) is 0 Å². The van der Waals surface area contributed by atoms with Crippen LogP contribution in [0.5, 0.6) is 0 Å². The van der Waals surface area contributed by atoms with Gasteiger partial charge in [0, 0.05) is 6.04 Å². The van der Waals surface area contributed by atoms with E-state index in [2.05, 4.69) is 17.2 Å². The highest BCUT2D eigenvalue weighted by atomic mass is 15.0. The lowest BCUT2D eigenvalue weighted by Gasteiger charge is -2.06. The highest BCUT2D eigenvalue weighted by Gasteiger charge is 2.54. The Bertz CT molecular complexity index is 215. The number of rotatable bonds is 2. The lowest BCUT2D eigenvalue weighted by atomic mass is 10.1. The Balaban J connectivity index is 1.74. The quantitative estimate of drug-likeness (QED) is 0.613. The van der Waals surface area contributed by atoms with Gasteiger partial charge in [-0.2, -0.15) is 0 Å². The molecule has 0 saturated heterocycles. The molecule has 2 aliphatic carbocycles. The molecule has 0 amide bonds. The van der Waals surface area contributed by atoms with Crippen molar-refractivity contribution >= 4 is 0 Å². The van der Waals surface area contributed by atoms with Crippen molar-refractivity contribution in [2.75, 3.05) is 6.54 Å². The van der Waals surface area contributed by atoms with Gasteiger partial charge in [0.25, 0.3) is 0 Å².